The number of hydrogen-bond acceptors (Lipinski definition) is 6. The summed E-state index contributed by atoms with van der Waals surface area (Å²) in [4.78, 5) is 37.5. The van der Waals surface area contributed by atoms with E-state index < -0.39 is 0 Å². The summed E-state index contributed by atoms with van der Waals surface area (Å²) in [5.41, 5.74) is 3.71. The smallest absolute Gasteiger partial charge is 0.273 e. The zero-order chi connectivity index (χ0) is 18.8. The second kappa shape index (κ2) is 7.74. The van der Waals surface area contributed by atoms with Crippen molar-refractivity contribution < 1.29 is 14.3 Å². The number of amides is 2. The molecule has 2 aliphatic heterocycles. The number of hydrogen-bond donors (Lipinski definition) is 0. The molecule has 2 amide bonds. The molecule has 2 fully saturated rings. The maximum atomic E-state index is 12.8. The van der Waals surface area contributed by atoms with Crippen LogP contribution in [0.3, 0.4) is 0 Å². The summed E-state index contributed by atoms with van der Waals surface area (Å²) in [6, 6.07) is 3.73. The van der Waals surface area contributed by atoms with E-state index in [0.29, 0.717) is 44.0 Å². The first-order valence-corrected chi connectivity index (χ1v) is 10.1. The Hall–Kier alpha value is -2.32. The summed E-state index contributed by atoms with van der Waals surface area (Å²) in [6.45, 7) is 4.79. The molecule has 0 saturated carbocycles. The van der Waals surface area contributed by atoms with E-state index in [9.17, 15) is 9.59 Å². The number of carbonyl (C=O) groups is 2. The Bertz CT molecular complexity index is 809. The Morgan fingerprint density at radius 2 is 2.04 bits per heavy atom. The molecule has 0 aromatic carbocycles. The SMILES string of the molecule is CCc1ccc(C(=O)N2C[C@@H]3CN(C(=O)c4cscn4)CCO[C@@H]3C2)cn1. The zero-order valence-corrected chi connectivity index (χ0v) is 16.0. The third-order valence-corrected chi connectivity index (χ3v) is 5.78. The zero-order valence-electron chi connectivity index (χ0n) is 15.2. The van der Waals surface area contributed by atoms with E-state index >= 15 is 0 Å². The molecular weight excluding hydrogens is 364 g/mol. The fraction of sp³-hybridized carbons (Fsp3) is 0.474. The largest absolute Gasteiger partial charge is 0.374 e. The van der Waals surface area contributed by atoms with E-state index in [2.05, 4.69) is 9.97 Å². The van der Waals surface area contributed by atoms with Crippen LogP contribution in [0.25, 0.3) is 0 Å². The Balaban J connectivity index is 1.44. The van der Waals surface area contributed by atoms with Crippen molar-refractivity contribution >= 4 is 23.2 Å². The first-order chi connectivity index (χ1) is 13.2. The molecule has 0 radical (unpaired) electrons. The quantitative estimate of drug-likeness (QED) is 0.803. The van der Waals surface area contributed by atoms with E-state index in [1.54, 1.807) is 22.0 Å². The van der Waals surface area contributed by atoms with Crippen molar-refractivity contribution in [2.75, 3.05) is 32.8 Å². The van der Waals surface area contributed by atoms with E-state index in [1.807, 2.05) is 24.0 Å². The summed E-state index contributed by atoms with van der Waals surface area (Å²) in [7, 11) is 0. The van der Waals surface area contributed by atoms with Gasteiger partial charge in [0.15, 0.2) is 0 Å². The monoisotopic (exact) mass is 386 g/mol. The molecule has 8 heteroatoms. The lowest BCUT2D eigenvalue weighted by Crippen LogP contribution is -2.38. The van der Waals surface area contributed by atoms with Crippen LogP contribution in [0, 0.1) is 5.92 Å². The van der Waals surface area contributed by atoms with Crippen LogP contribution in [0.1, 0.15) is 33.5 Å². The van der Waals surface area contributed by atoms with Crippen molar-refractivity contribution in [3.8, 4) is 0 Å². The molecule has 0 unspecified atom stereocenters. The van der Waals surface area contributed by atoms with Crippen LogP contribution in [0.4, 0.5) is 0 Å². The molecule has 142 valence electrons. The number of fused-ring (bicyclic) bond motifs is 1. The maximum Gasteiger partial charge on any atom is 0.273 e. The molecule has 2 atom stereocenters. The van der Waals surface area contributed by atoms with Gasteiger partial charge in [-0.25, -0.2) is 4.98 Å². The molecule has 0 spiro atoms. The summed E-state index contributed by atoms with van der Waals surface area (Å²) >= 11 is 1.41. The van der Waals surface area contributed by atoms with Crippen LogP contribution in [-0.2, 0) is 11.2 Å². The predicted molar refractivity (Wildman–Crippen MR) is 101 cm³/mol. The number of likely N-dealkylation sites (tertiary alicyclic amines) is 1. The van der Waals surface area contributed by atoms with Crippen LogP contribution < -0.4 is 0 Å². The molecule has 0 bridgehead atoms. The van der Waals surface area contributed by atoms with Crippen LogP contribution in [0.15, 0.2) is 29.2 Å². The lowest BCUT2D eigenvalue weighted by Gasteiger charge is -2.23. The minimum Gasteiger partial charge on any atom is -0.374 e. The number of nitrogens with zero attached hydrogens (tertiary/aromatic N) is 4. The van der Waals surface area contributed by atoms with Crippen molar-refractivity contribution in [1.82, 2.24) is 19.8 Å². The molecule has 2 aliphatic rings. The molecule has 0 aliphatic carbocycles. The van der Waals surface area contributed by atoms with Crippen LogP contribution in [0.5, 0.6) is 0 Å². The molecule has 27 heavy (non-hydrogen) atoms. The van der Waals surface area contributed by atoms with Gasteiger partial charge in [-0.1, -0.05) is 6.92 Å². The fourth-order valence-corrected chi connectivity index (χ4v) is 4.19. The molecule has 4 rings (SSSR count). The number of thiazole rings is 1. The van der Waals surface area contributed by atoms with E-state index in [4.69, 9.17) is 4.74 Å². The average Bonchev–Trinajstić information content (AvgIpc) is 3.33. The highest BCUT2D eigenvalue weighted by atomic mass is 32.1. The highest BCUT2D eigenvalue weighted by Gasteiger charge is 2.40. The minimum absolute atomic E-state index is 0.0285. The molecule has 7 nitrogen and oxygen atoms in total. The highest BCUT2D eigenvalue weighted by Crippen LogP contribution is 2.25. The van der Waals surface area contributed by atoms with E-state index in [-0.39, 0.29) is 23.8 Å². The predicted octanol–water partition coefficient (Wildman–Crippen LogP) is 1.71. The van der Waals surface area contributed by atoms with Gasteiger partial charge in [0.05, 0.1) is 23.8 Å². The van der Waals surface area contributed by atoms with Gasteiger partial charge in [-0.2, -0.15) is 0 Å². The van der Waals surface area contributed by atoms with Gasteiger partial charge in [0.1, 0.15) is 5.69 Å². The molecule has 2 saturated heterocycles. The van der Waals surface area contributed by atoms with Gasteiger partial charge in [-0.3, -0.25) is 14.6 Å². The summed E-state index contributed by atoms with van der Waals surface area (Å²) in [6.07, 6.45) is 2.46. The van der Waals surface area contributed by atoms with Gasteiger partial charge in [-0.05, 0) is 18.6 Å². The molecular formula is C19H22N4O3S. The molecule has 0 N–H and O–H groups in total. The Labute approximate surface area is 162 Å². The van der Waals surface area contributed by atoms with Crippen molar-refractivity contribution in [3.05, 3.63) is 46.2 Å². The maximum absolute atomic E-state index is 12.8. The first-order valence-electron chi connectivity index (χ1n) is 9.19. The second-order valence-electron chi connectivity index (χ2n) is 6.90. The van der Waals surface area contributed by atoms with Gasteiger partial charge in [0, 0.05) is 49.4 Å². The third-order valence-electron chi connectivity index (χ3n) is 5.19. The second-order valence-corrected chi connectivity index (χ2v) is 7.61. The van der Waals surface area contributed by atoms with Gasteiger partial charge in [-0.15, -0.1) is 11.3 Å². The van der Waals surface area contributed by atoms with Crippen molar-refractivity contribution in [2.24, 2.45) is 5.92 Å². The number of ether oxygens (including phenoxy) is 1. The number of rotatable bonds is 3. The standard InChI is InChI=1S/C19H22N4O3S/c1-2-15-4-3-13(7-20-15)18(24)23-9-14-8-22(5-6-26-17(14)10-23)19(25)16-11-27-12-21-16/h3-4,7,11-12,14,17H,2,5-6,8-10H2,1H3/t14-,17+/m0/s1. The number of carbonyl (C=O) groups excluding carboxylic acids is 2. The number of aryl methyl sites for hydroxylation is 1. The Morgan fingerprint density at radius 3 is 2.74 bits per heavy atom. The first kappa shape index (κ1) is 18.1. The van der Waals surface area contributed by atoms with Gasteiger partial charge < -0.3 is 14.5 Å². The van der Waals surface area contributed by atoms with Crippen LogP contribution in [0.2, 0.25) is 0 Å². The summed E-state index contributed by atoms with van der Waals surface area (Å²) < 4.78 is 5.96. The number of pyridine rings is 1. The molecule has 2 aromatic rings. The number of aromatic nitrogens is 2. The van der Waals surface area contributed by atoms with Crippen molar-refractivity contribution in [3.63, 3.8) is 0 Å². The van der Waals surface area contributed by atoms with Crippen LogP contribution >= 0.6 is 11.3 Å². The Kier molecular flexibility index (Phi) is 5.18. The van der Waals surface area contributed by atoms with Crippen LogP contribution in [-0.4, -0.2) is 70.5 Å². The van der Waals surface area contributed by atoms with E-state index in [0.717, 1.165) is 12.1 Å². The minimum atomic E-state index is -0.0652. The third kappa shape index (κ3) is 3.72. The van der Waals surface area contributed by atoms with Crippen molar-refractivity contribution in [2.45, 2.75) is 19.4 Å². The summed E-state index contributed by atoms with van der Waals surface area (Å²) in [5, 5.41) is 1.77. The van der Waals surface area contributed by atoms with Gasteiger partial charge >= 0.3 is 0 Å². The average molecular weight is 386 g/mol. The van der Waals surface area contributed by atoms with Gasteiger partial charge in [0.25, 0.3) is 11.8 Å². The normalized spacial score (nSPS) is 22.4. The fourth-order valence-electron chi connectivity index (χ4n) is 3.67. The van der Waals surface area contributed by atoms with Gasteiger partial charge in [0.2, 0.25) is 0 Å². The molecule has 2 aromatic heterocycles. The van der Waals surface area contributed by atoms with E-state index in [1.165, 1.54) is 11.3 Å². The Morgan fingerprint density at radius 1 is 1.19 bits per heavy atom. The topological polar surface area (TPSA) is 75.6 Å². The lowest BCUT2D eigenvalue weighted by atomic mass is 10.1. The van der Waals surface area contributed by atoms with Crippen molar-refractivity contribution in [1.29, 1.82) is 0 Å². The highest BCUT2D eigenvalue weighted by molar-refractivity contribution is 7.07. The lowest BCUT2D eigenvalue weighted by molar-refractivity contribution is 0.0477. The summed E-state index contributed by atoms with van der Waals surface area (Å²) in [5.74, 6) is 0.0192. The molecule has 4 heterocycles.